The van der Waals surface area contributed by atoms with Gasteiger partial charge in [0.2, 0.25) is 0 Å². The number of halogens is 2. The predicted molar refractivity (Wildman–Crippen MR) is 126 cm³/mol. The third kappa shape index (κ3) is 3.96. The fourth-order valence-corrected chi connectivity index (χ4v) is 4.09. The van der Waals surface area contributed by atoms with Crippen molar-refractivity contribution in [3.63, 3.8) is 0 Å². The molecule has 0 unspecified atom stereocenters. The molecule has 7 nitrogen and oxygen atoms in total. The van der Waals surface area contributed by atoms with Crippen LogP contribution in [0.3, 0.4) is 0 Å². The highest BCUT2D eigenvalue weighted by molar-refractivity contribution is 9.10. The van der Waals surface area contributed by atoms with Crippen molar-refractivity contribution in [3.05, 3.63) is 109 Å². The van der Waals surface area contributed by atoms with Crippen molar-refractivity contribution in [3.8, 4) is 0 Å². The van der Waals surface area contributed by atoms with E-state index in [1.165, 1.54) is 29.2 Å². The minimum absolute atomic E-state index is 0.0888. The summed E-state index contributed by atoms with van der Waals surface area (Å²) in [4.78, 5) is 37.8. The van der Waals surface area contributed by atoms with Gasteiger partial charge >= 0.3 is 0 Å². The molecule has 0 aromatic heterocycles. The van der Waals surface area contributed by atoms with E-state index in [1.54, 1.807) is 48.5 Å². The van der Waals surface area contributed by atoms with E-state index in [2.05, 4.69) is 31.9 Å². The smallest absolute Gasteiger partial charge is 0.300 e. The largest absolute Gasteiger partial charge is 0.507 e. The lowest BCUT2D eigenvalue weighted by Crippen LogP contribution is -2.29. The van der Waals surface area contributed by atoms with Crippen LogP contribution in [0, 0.1) is 10.1 Å². The summed E-state index contributed by atoms with van der Waals surface area (Å²) in [5.74, 6) is -2.01. The molecule has 0 bridgehead atoms. The van der Waals surface area contributed by atoms with Crippen molar-refractivity contribution in [2.24, 2.45) is 0 Å². The number of rotatable bonds is 4. The molecule has 0 saturated carbocycles. The van der Waals surface area contributed by atoms with Crippen LogP contribution in [0.5, 0.6) is 0 Å². The van der Waals surface area contributed by atoms with E-state index >= 15 is 0 Å². The number of nitrogens with zero attached hydrogens (tertiary/aromatic N) is 2. The third-order valence-electron chi connectivity index (χ3n) is 5.09. The highest BCUT2D eigenvalue weighted by Crippen LogP contribution is 2.42. The van der Waals surface area contributed by atoms with E-state index in [9.17, 15) is 24.8 Å². The summed E-state index contributed by atoms with van der Waals surface area (Å²) in [5.41, 5.74) is 1.08. The summed E-state index contributed by atoms with van der Waals surface area (Å²) in [6, 6.07) is 18.3. The van der Waals surface area contributed by atoms with Gasteiger partial charge in [-0.15, -0.1) is 0 Å². The molecular weight excluding hydrogens is 544 g/mol. The van der Waals surface area contributed by atoms with Crippen LogP contribution in [0.2, 0.25) is 0 Å². The van der Waals surface area contributed by atoms with Crippen LogP contribution in [-0.2, 0) is 9.59 Å². The highest BCUT2D eigenvalue weighted by Gasteiger charge is 2.46. The first-order chi connectivity index (χ1) is 15.3. The van der Waals surface area contributed by atoms with E-state index in [0.29, 0.717) is 11.3 Å². The number of carbonyl (C=O) groups excluding carboxylic acids is 2. The molecule has 0 radical (unpaired) electrons. The molecule has 0 aliphatic carbocycles. The zero-order valence-electron chi connectivity index (χ0n) is 16.2. The summed E-state index contributed by atoms with van der Waals surface area (Å²) in [6.07, 6.45) is 0. The predicted octanol–water partition coefficient (Wildman–Crippen LogP) is 5.75. The van der Waals surface area contributed by atoms with Crippen molar-refractivity contribution in [1.82, 2.24) is 0 Å². The Bertz CT molecular complexity index is 1250. The fraction of sp³-hybridized carbons (Fsp3) is 0.0435. The second-order valence-electron chi connectivity index (χ2n) is 7.00. The minimum Gasteiger partial charge on any atom is -0.507 e. The highest BCUT2D eigenvalue weighted by atomic mass is 79.9. The van der Waals surface area contributed by atoms with Gasteiger partial charge in [0.15, 0.2) is 0 Å². The second kappa shape index (κ2) is 8.68. The maximum absolute atomic E-state index is 13.1. The lowest BCUT2D eigenvalue weighted by molar-refractivity contribution is -0.384. The van der Waals surface area contributed by atoms with E-state index in [4.69, 9.17) is 0 Å². The molecule has 1 fully saturated rings. The molecule has 1 N–H and O–H groups in total. The maximum Gasteiger partial charge on any atom is 0.300 e. The number of Topliss-reactive ketones (excluding diaryl/α,β-unsaturated/α-hetero) is 1. The SMILES string of the molecule is O=C1C(=O)N(c2ccc(Br)cc2)[C@H](c2ccc(Br)cc2)/C1=C(\O)c1ccc([N+](=O)[O-])cc1. The van der Waals surface area contributed by atoms with E-state index < -0.39 is 28.4 Å². The molecule has 1 atom stereocenters. The Morgan fingerprint density at radius 3 is 1.94 bits per heavy atom. The summed E-state index contributed by atoms with van der Waals surface area (Å²) >= 11 is 6.73. The molecule has 1 saturated heterocycles. The Morgan fingerprint density at radius 1 is 0.875 bits per heavy atom. The van der Waals surface area contributed by atoms with Crippen LogP contribution in [-0.4, -0.2) is 21.7 Å². The molecule has 3 aromatic carbocycles. The van der Waals surface area contributed by atoms with Crippen LogP contribution in [0.1, 0.15) is 17.2 Å². The number of non-ortho nitro benzene ring substituents is 1. The van der Waals surface area contributed by atoms with Crippen molar-refractivity contribution >= 4 is 60.7 Å². The van der Waals surface area contributed by atoms with Gasteiger partial charge in [0.25, 0.3) is 17.4 Å². The lowest BCUT2D eigenvalue weighted by atomic mass is 9.95. The number of hydrogen-bond acceptors (Lipinski definition) is 5. The summed E-state index contributed by atoms with van der Waals surface area (Å²) < 4.78 is 1.63. The zero-order valence-corrected chi connectivity index (χ0v) is 19.4. The van der Waals surface area contributed by atoms with Crippen LogP contribution >= 0.6 is 31.9 Å². The van der Waals surface area contributed by atoms with Crippen molar-refractivity contribution in [1.29, 1.82) is 0 Å². The molecule has 1 aliphatic heterocycles. The van der Waals surface area contributed by atoms with Crippen molar-refractivity contribution in [2.45, 2.75) is 6.04 Å². The number of benzene rings is 3. The first kappa shape index (κ1) is 21.9. The average Bonchev–Trinajstić information content (AvgIpc) is 3.05. The number of hydrogen-bond donors (Lipinski definition) is 1. The van der Waals surface area contributed by atoms with E-state index in [1.807, 2.05) is 0 Å². The summed E-state index contributed by atoms with van der Waals surface area (Å²) in [7, 11) is 0. The molecule has 1 aliphatic rings. The Kier molecular flexibility index (Phi) is 5.94. The van der Waals surface area contributed by atoms with Crippen LogP contribution in [0.25, 0.3) is 5.76 Å². The summed E-state index contributed by atoms with van der Waals surface area (Å²) in [5, 5.41) is 22.0. The number of aliphatic hydroxyl groups is 1. The molecule has 4 rings (SSSR count). The molecular formula is C23H14Br2N2O5. The van der Waals surface area contributed by atoms with Crippen molar-refractivity contribution < 1.29 is 19.6 Å². The van der Waals surface area contributed by atoms with Gasteiger partial charge < -0.3 is 5.11 Å². The van der Waals surface area contributed by atoms with Crippen LogP contribution in [0.15, 0.2) is 87.3 Å². The number of amides is 1. The van der Waals surface area contributed by atoms with Gasteiger partial charge in [0.1, 0.15) is 5.76 Å². The normalized spacial score (nSPS) is 17.6. The zero-order chi connectivity index (χ0) is 23.0. The van der Waals surface area contributed by atoms with E-state index in [0.717, 1.165) is 8.95 Å². The standard InChI is InChI=1S/C23H14Br2N2O5/c24-15-5-1-13(2-6-15)20-19(21(28)14-3-9-18(10-4-14)27(31)32)22(29)23(30)26(20)17-11-7-16(25)8-12-17/h1-12,20,28H/b21-19+/t20-/m1/s1. The minimum atomic E-state index is -0.875. The maximum atomic E-state index is 13.1. The van der Waals surface area contributed by atoms with Gasteiger partial charge in [-0.2, -0.15) is 0 Å². The Balaban J connectivity index is 1.90. The number of carbonyl (C=O) groups is 2. The molecule has 3 aromatic rings. The number of anilines is 1. The third-order valence-corrected chi connectivity index (χ3v) is 6.14. The first-order valence-electron chi connectivity index (χ1n) is 9.35. The van der Waals surface area contributed by atoms with Crippen LogP contribution in [0.4, 0.5) is 11.4 Å². The average molecular weight is 558 g/mol. The summed E-state index contributed by atoms with van der Waals surface area (Å²) in [6.45, 7) is 0. The van der Waals surface area contributed by atoms with Gasteiger partial charge in [-0.05, 0) is 54.1 Å². The quantitative estimate of drug-likeness (QED) is 0.145. The lowest BCUT2D eigenvalue weighted by Gasteiger charge is -2.25. The van der Waals surface area contributed by atoms with Gasteiger partial charge in [-0.1, -0.05) is 44.0 Å². The topological polar surface area (TPSA) is 101 Å². The number of nitro groups is 1. The molecule has 1 heterocycles. The molecule has 160 valence electrons. The van der Waals surface area contributed by atoms with Gasteiger partial charge in [-0.3, -0.25) is 24.6 Å². The molecule has 1 amide bonds. The molecule has 9 heteroatoms. The van der Waals surface area contributed by atoms with Crippen molar-refractivity contribution in [2.75, 3.05) is 4.90 Å². The number of aliphatic hydroxyl groups excluding tert-OH is 1. The number of ketones is 1. The molecule has 32 heavy (non-hydrogen) atoms. The first-order valence-corrected chi connectivity index (χ1v) is 10.9. The van der Waals surface area contributed by atoms with E-state index in [-0.39, 0.29) is 16.8 Å². The Labute approximate surface area is 199 Å². The Morgan fingerprint density at radius 2 is 1.41 bits per heavy atom. The van der Waals surface area contributed by atoms with Gasteiger partial charge in [0, 0.05) is 32.3 Å². The fourth-order valence-electron chi connectivity index (χ4n) is 3.56. The monoisotopic (exact) mass is 556 g/mol. The van der Waals surface area contributed by atoms with Crippen LogP contribution < -0.4 is 4.90 Å². The van der Waals surface area contributed by atoms with Gasteiger partial charge in [-0.25, -0.2) is 0 Å². The number of nitro benzene ring substituents is 1. The molecule has 0 spiro atoms. The second-order valence-corrected chi connectivity index (χ2v) is 8.83. The van der Waals surface area contributed by atoms with Gasteiger partial charge in [0.05, 0.1) is 16.5 Å². The Hall–Kier alpha value is -3.30.